The number of ether oxygens (including phenoxy) is 1. The first-order chi connectivity index (χ1) is 9.66. The van der Waals surface area contributed by atoms with Crippen molar-refractivity contribution in [3.05, 3.63) is 0 Å². The standard InChI is InChI=1S/C14H16N4OS/c15-8-12-10(17)18-14(19-6-7-20-14)13(12,9-16)11(12)4-2-1-3-5-11/h1-7H2,(H2,17,18)/p+1/t12-,13+,14-/m1/s1. The van der Waals surface area contributed by atoms with Gasteiger partial charge in [-0.2, -0.15) is 10.5 Å². The van der Waals surface area contributed by atoms with E-state index in [1.165, 1.54) is 6.42 Å². The summed E-state index contributed by atoms with van der Waals surface area (Å²) in [6.45, 7) is 0.603. The van der Waals surface area contributed by atoms with Gasteiger partial charge in [0.25, 0.3) is 10.9 Å². The van der Waals surface area contributed by atoms with Crippen molar-refractivity contribution in [3.8, 4) is 12.1 Å². The largest absolute Gasteiger partial charge is 0.327 e. The molecule has 0 radical (unpaired) electrons. The lowest BCUT2D eigenvalue weighted by Gasteiger charge is -2.31. The first-order valence-electron chi connectivity index (χ1n) is 7.18. The highest BCUT2D eigenvalue weighted by Crippen LogP contribution is 2.87. The molecule has 2 saturated carbocycles. The highest BCUT2D eigenvalue weighted by Gasteiger charge is 3.02. The molecule has 20 heavy (non-hydrogen) atoms. The lowest BCUT2D eigenvalue weighted by Crippen LogP contribution is -2.88. The van der Waals surface area contributed by atoms with Crippen molar-refractivity contribution < 1.29 is 9.73 Å². The second-order valence-electron chi connectivity index (χ2n) is 6.22. The molecule has 5 nitrogen and oxygen atoms in total. The first kappa shape index (κ1) is 12.5. The van der Waals surface area contributed by atoms with Crippen LogP contribution in [0.15, 0.2) is 0 Å². The van der Waals surface area contributed by atoms with Crippen LogP contribution in [0.4, 0.5) is 0 Å². The Labute approximate surface area is 122 Å². The molecule has 0 aromatic rings. The van der Waals surface area contributed by atoms with Crippen molar-refractivity contribution in [2.45, 2.75) is 37.2 Å². The third-order valence-electron chi connectivity index (χ3n) is 5.87. The molecule has 0 amide bonds. The third-order valence-corrected chi connectivity index (χ3v) is 7.17. The van der Waals surface area contributed by atoms with E-state index in [0.29, 0.717) is 12.4 Å². The van der Waals surface area contributed by atoms with E-state index >= 15 is 0 Å². The number of nitrogens with one attached hydrogen (secondary N) is 1. The lowest BCUT2D eigenvalue weighted by atomic mass is 9.77. The zero-order valence-electron chi connectivity index (χ0n) is 11.2. The van der Waals surface area contributed by atoms with E-state index in [0.717, 1.165) is 31.4 Å². The van der Waals surface area contributed by atoms with Crippen LogP contribution < -0.4 is 10.7 Å². The first-order valence-corrected chi connectivity index (χ1v) is 8.16. The van der Waals surface area contributed by atoms with Gasteiger partial charge in [-0.05, 0) is 12.8 Å². The van der Waals surface area contributed by atoms with Crippen LogP contribution in [0.25, 0.3) is 0 Å². The van der Waals surface area contributed by atoms with Gasteiger partial charge in [0.1, 0.15) is 0 Å². The van der Waals surface area contributed by atoms with Crippen LogP contribution >= 0.6 is 11.8 Å². The molecule has 2 spiro atoms. The smallest absolute Gasteiger partial charge is 0.277 e. The molecule has 2 aliphatic heterocycles. The molecule has 4 rings (SSSR count). The fourth-order valence-corrected chi connectivity index (χ4v) is 6.61. The Morgan fingerprint density at radius 2 is 1.95 bits per heavy atom. The molecule has 1 saturated heterocycles. The van der Waals surface area contributed by atoms with E-state index in [1.807, 2.05) is 0 Å². The number of hydrogen-bond acceptors (Lipinski definition) is 5. The molecule has 0 aromatic heterocycles. The minimum Gasteiger partial charge on any atom is -0.327 e. The molecule has 2 heterocycles. The Hall–Kier alpha value is -1.24. The SMILES string of the molecule is N#C[C@]12C3(CCCCC3)[C@@]1(C#N)C(N)=[NH+][C@@]21OCCS1. The van der Waals surface area contributed by atoms with Gasteiger partial charge in [0.05, 0.1) is 18.7 Å². The zero-order valence-corrected chi connectivity index (χ0v) is 12.1. The van der Waals surface area contributed by atoms with E-state index in [4.69, 9.17) is 10.5 Å². The van der Waals surface area contributed by atoms with Gasteiger partial charge >= 0.3 is 0 Å². The highest BCUT2D eigenvalue weighted by molar-refractivity contribution is 8.00. The Bertz CT molecular complexity index is 591. The van der Waals surface area contributed by atoms with Crippen LogP contribution in [-0.2, 0) is 4.74 Å². The predicted octanol–water partition coefficient (Wildman–Crippen LogP) is -0.161. The molecule has 2 aliphatic carbocycles. The number of hydrogen-bond donors (Lipinski definition) is 2. The van der Waals surface area contributed by atoms with E-state index in [1.54, 1.807) is 11.8 Å². The summed E-state index contributed by atoms with van der Waals surface area (Å²) in [6, 6.07) is 4.93. The van der Waals surface area contributed by atoms with Crippen LogP contribution in [0, 0.1) is 38.9 Å². The molecule has 0 bridgehead atoms. The molecule has 6 heteroatoms. The number of thioether (sulfide) groups is 1. The van der Waals surface area contributed by atoms with Crippen LogP contribution in [0.2, 0.25) is 0 Å². The van der Waals surface area contributed by atoms with Crippen molar-refractivity contribution in [1.29, 1.82) is 10.5 Å². The van der Waals surface area contributed by atoms with Gasteiger partial charge in [-0.1, -0.05) is 31.0 Å². The summed E-state index contributed by atoms with van der Waals surface area (Å²) in [7, 11) is 0. The Balaban J connectivity index is 1.95. The average Bonchev–Trinajstić information content (AvgIpc) is 2.77. The van der Waals surface area contributed by atoms with Crippen molar-refractivity contribution in [2.24, 2.45) is 22.0 Å². The second kappa shape index (κ2) is 3.50. The molecule has 3 fully saturated rings. The van der Waals surface area contributed by atoms with Crippen LogP contribution in [-0.4, -0.2) is 23.3 Å². The summed E-state index contributed by atoms with van der Waals surface area (Å²) < 4.78 is 5.95. The van der Waals surface area contributed by atoms with Crippen molar-refractivity contribution in [3.63, 3.8) is 0 Å². The normalized spacial score (nSPS) is 47.6. The maximum absolute atomic E-state index is 10.0. The van der Waals surface area contributed by atoms with E-state index in [-0.39, 0.29) is 5.41 Å². The van der Waals surface area contributed by atoms with E-state index in [2.05, 4.69) is 17.1 Å². The van der Waals surface area contributed by atoms with Gasteiger partial charge in [0.2, 0.25) is 0 Å². The molecular weight excluding hydrogens is 272 g/mol. The predicted molar refractivity (Wildman–Crippen MR) is 72.9 cm³/mol. The summed E-state index contributed by atoms with van der Waals surface area (Å²) in [4.78, 5) is 3.17. The Morgan fingerprint density at radius 1 is 1.20 bits per heavy atom. The third kappa shape index (κ3) is 0.880. The van der Waals surface area contributed by atoms with Gasteiger partial charge in [-0.25, -0.2) is 4.99 Å². The van der Waals surface area contributed by atoms with Gasteiger partial charge in [0.15, 0.2) is 10.8 Å². The minimum absolute atomic E-state index is 0.311. The quantitative estimate of drug-likeness (QED) is 0.646. The maximum Gasteiger partial charge on any atom is 0.277 e. The maximum atomic E-state index is 10.0. The zero-order chi connectivity index (χ0) is 14.1. The monoisotopic (exact) mass is 289 g/mol. The fraction of sp³-hybridized carbons (Fsp3) is 0.786. The summed E-state index contributed by atoms with van der Waals surface area (Å²) in [5.41, 5.74) is 4.22. The van der Waals surface area contributed by atoms with Crippen LogP contribution in [0.5, 0.6) is 0 Å². The Morgan fingerprint density at radius 3 is 2.50 bits per heavy atom. The Kier molecular flexibility index (Phi) is 2.19. The molecular formula is C14H17N4OS+. The molecule has 0 aromatic carbocycles. The summed E-state index contributed by atoms with van der Waals surface area (Å²) >= 11 is 1.60. The van der Waals surface area contributed by atoms with Crippen molar-refractivity contribution >= 4 is 17.6 Å². The van der Waals surface area contributed by atoms with Crippen molar-refractivity contribution in [2.75, 3.05) is 12.4 Å². The second-order valence-corrected chi connectivity index (χ2v) is 7.49. The van der Waals surface area contributed by atoms with Crippen LogP contribution in [0.1, 0.15) is 32.1 Å². The van der Waals surface area contributed by atoms with Gasteiger partial charge in [-0.15, -0.1) is 0 Å². The van der Waals surface area contributed by atoms with Gasteiger partial charge in [-0.3, -0.25) is 5.73 Å². The summed E-state index contributed by atoms with van der Waals surface area (Å²) in [5.74, 6) is 1.29. The molecule has 3 N–H and O–H groups in total. The van der Waals surface area contributed by atoms with Crippen LogP contribution in [0.3, 0.4) is 0 Å². The summed E-state index contributed by atoms with van der Waals surface area (Å²) in [5, 5.41) is 19.1. The fourth-order valence-electron chi connectivity index (χ4n) is 5.20. The molecule has 3 atom stereocenters. The molecule has 4 aliphatic rings. The highest BCUT2D eigenvalue weighted by atomic mass is 32.2. The number of fused-ring (bicyclic) bond motifs is 4. The topological polar surface area (TPSA) is 96.8 Å². The van der Waals surface area contributed by atoms with Gasteiger partial charge in [0, 0.05) is 11.2 Å². The number of nitriles is 2. The van der Waals surface area contributed by atoms with Crippen molar-refractivity contribution in [1.82, 2.24) is 0 Å². The number of amidine groups is 1. The summed E-state index contributed by atoms with van der Waals surface area (Å²) in [6.07, 6.45) is 5.13. The number of nitrogens with zero attached hydrogens (tertiary/aromatic N) is 2. The average molecular weight is 289 g/mol. The lowest BCUT2D eigenvalue weighted by molar-refractivity contribution is -0.585. The number of nitrogens with two attached hydrogens (primary N) is 1. The number of rotatable bonds is 0. The minimum atomic E-state index is -0.869. The molecule has 104 valence electrons. The van der Waals surface area contributed by atoms with E-state index in [9.17, 15) is 10.5 Å². The van der Waals surface area contributed by atoms with E-state index < -0.39 is 15.9 Å². The van der Waals surface area contributed by atoms with Gasteiger partial charge < -0.3 is 4.74 Å². The molecule has 0 unspecified atom stereocenters.